The van der Waals surface area contributed by atoms with Crippen LogP contribution in [0.25, 0.3) is 0 Å². The number of nitrogens with one attached hydrogen (secondary N) is 1. The zero-order valence-corrected chi connectivity index (χ0v) is 11.5. The number of benzene rings is 1. The molecule has 3 N–H and O–H groups in total. The Hall–Kier alpha value is -1.88. The second-order valence-electron chi connectivity index (χ2n) is 4.54. The zero-order valence-electron chi connectivity index (χ0n) is 11.5. The van der Waals surface area contributed by atoms with E-state index in [1.165, 1.54) is 4.90 Å². The Morgan fingerprint density at radius 2 is 1.84 bits per heavy atom. The molecule has 0 aliphatic carbocycles. The summed E-state index contributed by atoms with van der Waals surface area (Å²) < 4.78 is 0. The van der Waals surface area contributed by atoms with Crippen LogP contribution in [-0.2, 0) is 22.6 Å². The van der Waals surface area contributed by atoms with E-state index in [1.807, 2.05) is 24.3 Å². The Kier molecular flexibility index (Phi) is 6.02. The van der Waals surface area contributed by atoms with Gasteiger partial charge in [-0.25, -0.2) is 0 Å². The van der Waals surface area contributed by atoms with Crippen LogP contribution in [0.4, 0.5) is 0 Å². The number of hydrogen-bond acceptors (Lipinski definition) is 3. The minimum absolute atomic E-state index is 0.00246. The molecule has 0 bridgehead atoms. The van der Waals surface area contributed by atoms with Crippen LogP contribution in [-0.4, -0.2) is 37.4 Å². The van der Waals surface area contributed by atoms with Crippen molar-refractivity contribution in [2.45, 2.75) is 19.4 Å². The summed E-state index contributed by atoms with van der Waals surface area (Å²) >= 11 is 0. The molecule has 0 fully saturated rings. The van der Waals surface area contributed by atoms with Gasteiger partial charge < -0.3 is 16.0 Å². The molecule has 2 amide bonds. The molecule has 0 saturated heterocycles. The smallest absolute Gasteiger partial charge is 0.224 e. The highest BCUT2D eigenvalue weighted by Gasteiger charge is 2.08. The highest BCUT2D eigenvalue weighted by atomic mass is 16.2. The van der Waals surface area contributed by atoms with Gasteiger partial charge in [0, 0.05) is 33.6 Å². The summed E-state index contributed by atoms with van der Waals surface area (Å²) in [6.45, 7) is 0.781. The maximum absolute atomic E-state index is 11.8. The van der Waals surface area contributed by atoms with E-state index in [0.29, 0.717) is 25.9 Å². The lowest BCUT2D eigenvalue weighted by Crippen LogP contribution is -2.31. The third-order valence-electron chi connectivity index (χ3n) is 2.85. The molecule has 19 heavy (non-hydrogen) atoms. The summed E-state index contributed by atoms with van der Waals surface area (Å²) in [5, 5.41) is 2.74. The van der Waals surface area contributed by atoms with Crippen molar-refractivity contribution in [1.29, 1.82) is 0 Å². The molecule has 0 aromatic heterocycles. The summed E-state index contributed by atoms with van der Waals surface area (Å²) in [5.41, 5.74) is 7.52. The molecule has 0 saturated carbocycles. The van der Waals surface area contributed by atoms with E-state index in [4.69, 9.17) is 5.73 Å². The maximum atomic E-state index is 11.8. The Morgan fingerprint density at radius 1 is 1.21 bits per heavy atom. The number of carbonyl (C=O) groups excluding carboxylic acids is 2. The molecule has 0 heterocycles. The number of nitrogens with zero attached hydrogens (tertiary/aromatic N) is 1. The van der Waals surface area contributed by atoms with Crippen LogP contribution < -0.4 is 11.1 Å². The largest absolute Gasteiger partial charge is 0.355 e. The zero-order chi connectivity index (χ0) is 14.3. The van der Waals surface area contributed by atoms with Gasteiger partial charge in [-0.2, -0.15) is 0 Å². The molecule has 0 unspecified atom stereocenters. The Labute approximate surface area is 113 Å². The third-order valence-corrected chi connectivity index (χ3v) is 2.85. The van der Waals surface area contributed by atoms with Gasteiger partial charge in [0.25, 0.3) is 0 Å². The number of hydrogen-bond donors (Lipinski definition) is 2. The third kappa shape index (κ3) is 5.09. The lowest BCUT2D eigenvalue weighted by Gasteiger charge is -2.11. The first kappa shape index (κ1) is 15.2. The normalized spacial score (nSPS) is 10.1. The summed E-state index contributed by atoms with van der Waals surface area (Å²) in [5.74, 6) is -0.0879. The first-order valence-electron chi connectivity index (χ1n) is 6.28. The van der Waals surface area contributed by atoms with E-state index < -0.39 is 0 Å². The van der Waals surface area contributed by atoms with Crippen molar-refractivity contribution in [2.24, 2.45) is 5.73 Å². The van der Waals surface area contributed by atoms with E-state index in [0.717, 1.165) is 11.1 Å². The van der Waals surface area contributed by atoms with E-state index in [1.54, 1.807) is 14.1 Å². The number of nitrogens with two attached hydrogens (primary N) is 1. The van der Waals surface area contributed by atoms with Gasteiger partial charge >= 0.3 is 0 Å². The highest BCUT2D eigenvalue weighted by molar-refractivity contribution is 5.80. The van der Waals surface area contributed by atoms with Crippen molar-refractivity contribution in [3.05, 3.63) is 35.4 Å². The van der Waals surface area contributed by atoms with E-state index in [2.05, 4.69) is 5.32 Å². The Balaban J connectivity index is 2.41. The monoisotopic (exact) mass is 263 g/mol. The SMILES string of the molecule is CN(C)C(=O)CCNC(=O)Cc1ccccc1CN. The van der Waals surface area contributed by atoms with Crippen molar-refractivity contribution >= 4 is 11.8 Å². The lowest BCUT2D eigenvalue weighted by atomic mass is 10.0. The van der Waals surface area contributed by atoms with Crippen LogP contribution in [0.1, 0.15) is 17.5 Å². The van der Waals surface area contributed by atoms with Gasteiger partial charge in [-0.3, -0.25) is 9.59 Å². The molecule has 0 atom stereocenters. The minimum Gasteiger partial charge on any atom is -0.355 e. The van der Waals surface area contributed by atoms with Crippen molar-refractivity contribution in [3.63, 3.8) is 0 Å². The number of rotatable bonds is 6. The molecule has 0 spiro atoms. The fourth-order valence-electron chi connectivity index (χ4n) is 1.70. The summed E-state index contributed by atoms with van der Waals surface area (Å²) in [4.78, 5) is 24.6. The van der Waals surface area contributed by atoms with Gasteiger partial charge in [0.1, 0.15) is 0 Å². The molecular weight excluding hydrogens is 242 g/mol. The van der Waals surface area contributed by atoms with Crippen molar-refractivity contribution < 1.29 is 9.59 Å². The number of amides is 2. The molecule has 5 nitrogen and oxygen atoms in total. The quantitative estimate of drug-likeness (QED) is 0.774. The van der Waals surface area contributed by atoms with Crippen LogP contribution in [0.3, 0.4) is 0 Å². The van der Waals surface area contributed by atoms with Crippen LogP contribution in [0.2, 0.25) is 0 Å². The molecule has 5 heteroatoms. The predicted molar refractivity (Wildman–Crippen MR) is 74.4 cm³/mol. The fraction of sp³-hybridized carbons (Fsp3) is 0.429. The average molecular weight is 263 g/mol. The van der Waals surface area contributed by atoms with Gasteiger partial charge in [-0.05, 0) is 11.1 Å². The average Bonchev–Trinajstić information content (AvgIpc) is 2.39. The first-order chi connectivity index (χ1) is 9.04. The van der Waals surface area contributed by atoms with Crippen LogP contribution >= 0.6 is 0 Å². The predicted octanol–water partition coefficient (Wildman–Crippen LogP) is 0.282. The highest BCUT2D eigenvalue weighted by Crippen LogP contribution is 2.08. The topological polar surface area (TPSA) is 75.4 Å². The second-order valence-corrected chi connectivity index (χ2v) is 4.54. The van der Waals surface area contributed by atoms with Crippen molar-refractivity contribution in [1.82, 2.24) is 10.2 Å². The van der Waals surface area contributed by atoms with E-state index >= 15 is 0 Å². The molecule has 1 aromatic rings. The summed E-state index contributed by atoms with van der Waals surface area (Å²) in [6, 6.07) is 7.60. The molecule has 0 aliphatic rings. The standard InChI is InChI=1S/C14H21N3O2/c1-17(2)14(19)7-8-16-13(18)9-11-5-3-4-6-12(11)10-15/h3-6H,7-10,15H2,1-2H3,(H,16,18). The van der Waals surface area contributed by atoms with Crippen LogP contribution in [0.15, 0.2) is 24.3 Å². The van der Waals surface area contributed by atoms with Gasteiger partial charge in [0.15, 0.2) is 0 Å². The van der Waals surface area contributed by atoms with E-state index in [9.17, 15) is 9.59 Å². The first-order valence-corrected chi connectivity index (χ1v) is 6.28. The summed E-state index contributed by atoms with van der Waals surface area (Å²) in [7, 11) is 3.39. The van der Waals surface area contributed by atoms with Gasteiger partial charge in [0.05, 0.1) is 6.42 Å². The van der Waals surface area contributed by atoms with Crippen LogP contribution in [0.5, 0.6) is 0 Å². The summed E-state index contributed by atoms with van der Waals surface area (Å²) in [6.07, 6.45) is 0.612. The molecular formula is C14H21N3O2. The molecule has 104 valence electrons. The fourth-order valence-corrected chi connectivity index (χ4v) is 1.70. The Morgan fingerprint density at radius 3 is 2.42 bits per heavy atom. The van der Waals surface area contributed by atoms with Gasteiger partial charge in [0.2, 0.25) is 11.8 Å². The Bertz CT molecular complexity index is 444. The molecule has 1 aromatic carbocycles. The second kappa shape index (κ2) is 7.53. The van der Waals surface area contributed by atoms with Crippen LogP contribution in [0, 0.1) is 0 Å². The van der Waals surface area contributed by atoms with Gasteiger partial charge in [-0.1, -0.05) is 24.3 Å². The lowest BCUT2D eigenvalue weighted by molar-refractivity contribution is -0.128. The van der Waals surface area contributed by atoms with Crippen molar-refractivity contribution in [2.75, 3.05) is 20.6 Å². The molecule has 1 rings (SSSR count). The maximum Gasteiger partial charge on any atom is 0.224 e. The van der Waals surface area contributed by atoms with Gasteiger partial charge in [-0.15, -0.1) is 0 Å². The van der Waals surface area contributed by atoms with Crippen molar-refractivity contribution in [3.8, 4) is 0 Å². The molecule has 0 aliphatic heterocycles. The molecule has 0 radical (unpaired) electrons. The number of carbonyl (C=O) groups is 2. The van der Waals surface area contributed by atoms with E-state index in [-0.39, 0.29) is 11.8 Å². The minimum atomic E-state index is -0.0903.